The molecule has 6 heteroatoms. The Labute approximate surface area is 99.8 Å². The lowest BCUT2D eigenvalue weighted by Crippen LogP contribution is -2.05. The molecule has 0 bridgehead atoms. The Morgan fingerprint density at radius 3 is 2.94 bits per heavy atom. The molecule has 5 nitrogen and oxygen atoms in total. The third kappa shape index (κ3) is 2.46. The van der Waals surface area contributed by atoms with Crippen LogP contribution in [0.1, 0.15) is 16.1 Å². The van der Waals surface area contributed by atoms with Crippen molar-refractivity contribution < 1.29 is 9.90 Å². The molecule has 1 aromatic carbocycles. The summed E-state index contributed by atoms with van der Waals surface area (Å²) in [6.07, 6.45) is 1.24. The van der Waals surface area contributed by atoms with E-state index in [1.54, 1.807) is 0 Å². The van der Waals surface area contributed by atoms with E-state index in [1.165, 1.54) is 11.0 Å². The van der Waals surface area contributed by atoms with Crippen LogP contribution in [-0.4, -0.2) is 26.1 Å². The van der Waals surface area contributed by atoms with Crippen molar-refractivity contribution in [2.75, 3.05) is 0 Å². The normalized spacial score (nSPS) is 10.3. The zero-order valence-electron chi connectivity index (χ0n) is 8.17. The first-order valence-electron chi connectivity index (χ1n) is 4.53. The summed E-state index contributed by atoms with van der Waals surface area (Å²) in [7, 11) is 0. The van der Waals surface area contributed by atoms with Crippen LogP contribution in [0.15, 0.2) is 34.9 Å². The van der Waals surface area contributed by atoms with Crippen molar-refractivity contribution in [3.05, 3.63) is 46.2 Å². The van der Waals surface area contributed by atoms with Gasteiger partial charge in [0.05, 0.1) is 12.7 Å². The highest BCUT2D eigenvalue weighted by atomic mass is 79.9. The van der Waals surface area contributed by atoms with E-state index in [-0.39, 0.29) is 5.69 Å². The second kappa shape index (κ2) is 4.44. The number of aromatic carboxylic acids is 1. The number of carbonyl (C=O) groups is 1. The highest BCUT2D eigenvalue weighted by molar-refractivity contribution is 9.10. The van der Waals surface area contributed by atoms with Crippen molar-refractivity contribution in [2.45, 2.75) is 6.54 Å². The minimum absolute atomic E-state index is 0.0463. The van der Waals surface area contributed by atoms with E-state index in [4.69, 9.17) is 5.11 Å². The van der Waals surface area contributed by atoms with E-state index >= 15 is 0 Å². The van der Waals surface area contributed by atoms with Crippen LogP contribution in [-0.2, 0) is 6.54 Å². The van der Waals surface area contributed by atoms with Crippen LogP contribution in [0.5, 0.6) is 0 Å². The molecule has 0 radical (unpaired) electrons. The lowest BCUT2D eigenvalue weighted by molar-refractivity contribution is 0.0689. The highest BCUT2D eigenvalue weighted by Gasteiger charge is 2.08. The molecule has 82 valence electrons. The highest BCUT2D eigenvalue weighted by Crippen LogP contribution is 2.12. The van der Waals surface area contributed by atoms with E-state index in [9.17, 15) is 4.79 Å². The fourth-order valence-electron chi connectivity index (χ4n) is 1.27. The molecule has 1 heterocycles. The number of hydrogen-bond donors (Lipinski definition) is 1. The molecule has 2 aromatic rings. The van der Waals surface area contributed by atoms with Crippen molar-refractivity contribution in [1.29, 1.82) is 0 Å². The number of rotatable bonds is 3. The minimum Gasteiger partial charge on any atom is -0.476 e. The van der Waals surface area contributed by atoms with Gasteiger partial charge in [-0.15, -0.1) is 5.10 Å². The van der Waals surface area contributed by atoms with Gasteiger partial charge in [0.1, 0.15) is 0 Å². The van der Waals surface area contributed by atoms with E-state index in [0.29, 0.717) is 6.54 Å². The topological polar surface area (TPSA) is 68.0 Å². The number of carboxylic acid groups (broad SMARTS) is 1. The van der Waals surface area contributed by atoms with Crippen LogP contribution in [0.4, 0.5) is 0 Å². The molecule has 0 amide bonds. The first-order chi connectivity index (χ1) is 7.65. The van der Waals surface area contributed by atoms with Crippen LogP contribution in [0.2, 0.25) is 0 Å². The second-order valence-corrected chi connectivity index (χ2v) is 4.11. The summed E-state index contributed by atoms with van der Waals surface area (Å²) >= 11 is 3.36. The summed E-state index contributed by atoms with van der Waals surface area (Å²) in [5, 5.41) is 16.4. The van der Waals surface area contributed by atoms with Crippen LogP contribution in [0.3, 0.4) is 0 Å². The Balaban J connectivity index is 2.17. The lowest BCUT2D eigenvalue weighted by Gasteiger charge is -2.00. The van der Waals surface area contributed by atoms with Crippen molar-refractivity contribution in [3.8, 4) is 0 Å². The Hall–Kier alpha value is -1.69. The van der Waals surface area contributed by atoms with Gasteiger partial charge in [0.25, 0.3) is 0 Å². The predicted octanol–water partition coefficient (Wildman–Crippen LogP) is 1.79. The molecule has 1 aromatic heterocycles. The Morgan fingerprint density at radius 1 is 1.50 bits per heavy atom. The molecule has 0 atom stereocenters. The third-order valence-corrected chi connectivity index (χ3v) is 2.46. The molecule has 0 aliphatic heterocycles. The van der Waals surface area contributed by atoms with Gasteiger partial charge in [0.2, 0.25) is 0 Å². The largest absolute Gasteiger partial charge is 0.476 e. The number of benzene rings is 1. The molecule has 2 rings (SSSR count). The van der Waals surface area contributed by atoms with Crippen molar-refractivity contribution in [2.24, 2.45) is 0 Å². The van der Waals surface area contributed by atoms with Crippen LogP contribution in [0, 0.1) is 0 Å². The van der Waals surface area contributed by atoms with Crippen molar-refractivity contribution in [1.82, 2.24) is 15.0 Å². The first-order valence-corrected chi connectivity index (χ1v) is 5.32. The van der Waals surface area contributed by atoms with Gasteiger partial charge in [-0.25, -0.2) is 4.79 Å². The van der Waals surface area contributed by atoms with Gasteiger partial charge < -0.3 is 5.11 Å². The summed E-state index contributed by atoms with van der Waals surface area (Å²) in [6.45, 7) is 0.451. The van der Waals surface area contributed by atoms with Crippen molar-refractivity contribution >= 4 is 21.9 Å². The molecular formula is C10H8BrN3O2. The van der Waals surface area contributed by atoms with E-state index < -0.39 is 5.97 Å². The average Bonchev–Trinajstić information content (AvgIpc) is 2.66. The van der Waals surface area contributed by atoms with Gasteiger partial charge in [0, 0.05) is 4.47 Å². The molecule has 1 N–H and O–H groups in total. The zero-order valence-corrected chi connectivity index (χ0v) is 9.75. The Bertz CT molecular complexity index is 524. The van der Waals surface area contributed by atoms with Gasteiger partial charge in [-0.05, 0) is 17.7 Å². The van der Waals surface area contributed by atoms with Gasteiger partial charge in [-0.1, -0.05) is 28.1 Å². The predicted molar refractivity (Wildman–Crippen MR) is 60.2 cm³/mol. The monoisotopic (exact) mass is 281 g/mol. The average molecular weight is 282 g/mol. The Kier molecular flexibility index (Phi) is 3.00. The molecule has 0 aliphatic rings. The lowest BCUT2D eigenvalue weighted by atomic mass is 10.2. The number of nitrogens with zero attached hydrogens (tertiary/aromatic N) is 3. The summed E-state index contributed by atoms with van der Waals surface area (Å²) in [6, 6.07) is 7.68. The van der Waals surface area contributed by atoms with Crippen LogP contribution >= 0.6 is 15.9 Å². The molecule has 0 saturated heterocycles. The quantitative estimate of drug-likeness (QED) is 0.931. The second-order valence-electron chi connectivity index (χ2n) is 3.20. The Morgan fingerprint density at radius 2 is 2.31 bits per heavy atom. The van der Waals surface area contributed by atoms with Gasteiger partial charge in [-0.2, -0.15) is 9.90 Å². The summed E-state index contributed by atoms with van der Waals surface area (Å²) in [5.41, 5.74) is 0.955. The van der Waals surface area contributed by atoms with Crippen LogP contribution in [0.25, 0.3) is 0 Å². The SMILES string of the molecule is O=C(O)c1cnn(Cc2cccc(Br)c2)n1. The standard InChI is InChI=1S/C10H8BrN3O2/c11-8-3-1-2-7(4-8)6-14-12-5-9(13-14)10(15)16/h1-5H,6H2,(H,15,16). The smallest absolute Gasteiger partial charge is 0.358 e. The zero-order chi connectivity index (χ0) is 11.5. The number of carboxylic acids is 1. The maximum Gasteiger partial charge on any atom is 0.358 e. The fourth-order valence-corrected chi connectivity index (χ4v) is 1.72. The van der Waals surface area contributed by atoms with E-state index in [0.717, 1.165) is 10.0 Å². The summed E-state index contributed by atoms with van der Waals surface area (Å²) in [5.74, 6) is -1.07. The molecule has 0 fully saturated rings. The molecule has 0 spiro atoms. The number of aromatic nitrogens is 3. The fraction of sp³-hybridized carbons (Fsp3) is 0.100. The van der Waals surface area contributed by atoms with Gasteiger partial charge in [0.15, 0.2) is 5.69 Å². The maximum absolute atomic E-state index is 10.6. The maximum atomic E-state index is 10.6. The van der Waals surface area contributed by atoms with Crippen molar-refractivity contribution in [3.63, 3.8) is 0 Å². The first kappa shape index (κ1) is 10.8. The molecular weight excluding hydrogens is 274 g/mol. The van der Waals surface area contributed by atoms with Gasteiger partial charge in [-0.3, -0.25) is 0 Å². The van der Waals surface area contributed by atoms with Gasteiger partial charge >= 0.3 is 5.97 Å². The summed E-state index contributed by atoms with van der Waals surface area (Å²) in [4.78, 5) is 11.9. The van der Waals surface area contributed by atoms with E-state index in [2.05, 4.69) is 26.1 Å². The number of hydrogen-bond acceptors (Lipinski definition) is 3. The molecule has 0 saturated carbocycles. The van der Waals surface area contributed by atoms with Crippen LogP contribution < -0.4 is 0 Å². The summed E-state index contributed by atoms with van der Waals surface area (Å²) < 4.78 is 0.968. The number of halogens is 1. The molecule has 16 heavy (non-hydrogen) atoms. The third-order valence-electron chi connectivity index (χ3n) is 1.97. The van der Waals surface area contributed by atoms with E-state index in [1.807, 2.05) is 24.3 Å². The minimum atomic E-state index is -1.07. The molecule has 0 aliphatic carbocycles. The molecule has 0 unspecified atom stereocenters.